The van der Waals surface area contributed by atoms with Crippen LogP contribution < -0.4 is 0 Å². The van der Waals surface area contributed by atoms with Gasteiger partial charge in [0.15, 0.2) is 0 Å². The Balaban J connectivity index is 1.27. The standard InChI is InChI=1S/C21H35NO/c1-2-5-11-19(10-4-1)12-6-3-9-17-23-21-14-16-22-15-8-7-13-20(22)18-21/h12,14,16,20-21H,1-11,13,15,17-18H2. The van der Waals surface area contributed by atoms with Crippen LogP contribution in [0, 0.1) is 0 Å². The van der Waals surface area contributed by atoms with Crippen LogP contribution in [0.3, 0.4) is 0 Å². The van der Waals surface area contributed by atoms with Crippen molar-refractivity contribution in [1.82, 2.24) is 4.90 Å². The molecule has 2 atom stereocenters. The highest BCUT2D eigenvalue weighted by molar-refractivity contribution is 5.03. The number of piperidine rings is 1. The summed E-state index contributed by atoms with van der Waals surface area (Å²) in [7, 11) is 0. The summed E-state index contributed by atoms with van der Waals surface area (Å²) in [4.78, 5) is 2.53. The lowest BCUT2D eigenvalue weighted by molar-refractivity contribution is 0.0396. The van der Waals surface area contributed by atoms with Crippen LogP contribution >= 0.6 is 0 Å². The van der Waals surface area contributed by atoms with E-state index >= 15 is 0 Å². The second-order valence-electron chi connectivity index (χ2n) is 7.65. The number of rotatable bonds is 6. The van der Waals surface area contributed by atoms with Crippen molar-refractivity contribution >= 4 is 0 Å². The molecule has 0 aromatic rings. The van der Waals surface area contributed by atoms with Gasteiger partial charge in [0.05, 0.1) is 6.10 Å². The molecule has 0 spiro atoms. The Kier molecular flexibility index (Phi) is 7.06. The Bertz CT molecular complexity index is 391. The number of hydrogen-bond donors (Lipinski definition) is 0. The number of allylic oxidation sites excluding steroid dienone is 2. The van der Waals surface area contributed by atoms with E-state index in [-0.39, 0.29) is 0 Å². The summed E-state index contributed by atoms with van der Waals surface area (Å²) in [6.45, 7) is 2.19. The van der Waals surface area contributed by atoms with E-state index in [1.54, 1.807) is 5.57 Å². The Hall–Kier alpha value is -0.760. The predicted molar refractivity (Wildman–Crippen MR) is 97.5 cm³/mol. The molecule has 0 radical (unpaired) electrons. The molecule has 1 aliphatic carbocycles. The van der Waals surface area contributed by atoms with Gasteiger partial charge in [0.1, 0.15) is 0 Å². The van der Waals surface area contributed by atoms with Crippen molar-refractivity contribution in [3.63, 3.8) is 0 Å². The van der Waals surface area contributed by atoms with Crippen molar-refractivity contribution in [3.05, 3.63) is 23.9 Å². The third kappa shape index (κ3) is 5.67. The second-order valence-corrected chi connectivity index (χ2v) is 7.65. The first-order chi connectivity index (χ1) is 11.4. The Morgan fingerprint density at radius 1 is 1.04 bits per heavy atom. The van der Waals surface area contributed by atoms with E-state index in [2.05, 4.69) is 23.3 Å². The fourth-order valence-corrected chi connectivity index (χ4v) is 4.32. The number of unbranched alkanes of at least 4 members (excludes halogenated alkanes) is 2. The van der Waals surface area contributed by atoms with Gasteiger partial charge in [0.2, 0.25) is 0 Å². The molecule has 2 fully saturated rings. The van der Waals surface area contributed by atoms with Gasteiger partial charge in [-0.3, -0.25) is 0 Å². The van der Waals surface area contributed by atoms with Crippen molar-refractivity contribution in [2.45, 2.75) is 95.6 Å². The number of nitrogens with zero attached hydrogens (tertiary/aromatic N) is 1. The smallest absolute Gasteiger partial charge is 0.0792 e. The fraction of sp³-hybridized carbons (Fsp3) is 0.810. The second kappa shape index (κ2) is 9.52. The van der Waals surface area contributed by atoms with Crippen LogP contribution in [0.1, 0.15) is 83.5 Å². The predicted octanol–water partition coefficient (Wildman–Crippen LogP) is 5.59. The Labute approximate surface area is 143 Å². The molecule has 0 bridgehead atoms. The molecule has 0 aromatic carbocycles. The average Bonchev–Trinajstić information content (AvgIpc) is 2.86. The summed E-state index contributed by atoms with van der Waals surface area (Å²) in [5.74, 6) is 0. The molecule has 2 heterocycles. The molecule has 0 N–H and O–H groups in total. The maximum atomic E-state index is 6.11. The highest BCUT2D eigenvalue weighted by atomic mass is 16.5. The van der Waals surface area contributed by atoms with Gasteiger partial charge in [-0.25, -0.2) is 0 Å². The molecule has 0 aromatic heterocycles. The number of fused-ring (bicyclic) bond motifs is 1. The van der Waals surface area contributed by atoms with E-state index in [1.165, 1.54) is 90.0 Å². The molecule has 2 aliphatic heterocycles. The van der Waals surface area contributed by atoms with Crippen LogP contribution in [0.2, 0.25) is 0 Å². The van der Waals surface area contributed by atoms with Crippen LogP contribution in [0.4, 0.5) is 0 Å². The van der Waals surface area contributed by atoms with Crippen molar-refractivity contribution in [1.29, 1.82) is 0 Å². The van der Waals surface area contributed by atoms with Crippen molar-refractivity contribution in [3.8, 4) is 0 Å². The molecule has 2 nitrogen and oxygen atoms in total. The minimum absolute atomic E-state index is 0.370. The van der Waals surface area contributed by atoms with Crippen molar-refractivity contribution < 1.29 is 4.74 Å². The van der Waals surface area contributed by atoms with E-state index in [1.807, 2.05) is 0 Å². The maximum Gasteiger partial charge on any atom is 0.0792 e. The molecule has 1 saturated heterocycles. The molecule has 2 heteroatoms. The molecule has 3 rings (SSSR count). The SMILES string of the molecule is C1=CN2CCCCC2CC1OCCCCC=C1CCCCCC1. The molecule has 23 heavy (non-hydrogen) atoms. The monoisotopic (exact) mass is 317 g/mol. The lowest BCUT2D eigenvalue weighted by atomic mass is 9.94. The van der Waals surface area contributed by atoms with E-state index in [4.69, 9.17) is 4.74 Å². The molecule has 1 saturated carbocycles. The fourth-order valence-electron chi connectivity index (χ4n) is 4.32. The van der Waals surface area contributed by atoms with Crippen LogP contribution in [-0.4, -0.2) is 30.2 Å². The average molecular weight is 318 g/mol. The summed E-state index contributed by atoms with van der Waals surface area (Å²) in [5.41, 5.74) is 1.73. The number of hydrogen-bond acceptors (Lipinski definition) is 2. The van der Waals surface area contributed by atoms with Gasteiger partial charge in [-0.15, -0.1) is 0 Å². The summed E-state index contributed by atoms with van der Waals surface area (Å²) in [6, 6.07) is 0.749. The van der Waals surface area contributed by atoms with Crippen LogP contribution in [0.5, 0.6) is 0 Å². The summed E-state index contributed by atoms with van der Waals surface area (Å²) < 4.78 is 6.11. The lowest BCUT2D eigenvalue weighted by Gasteiger charge is -2.39. The zero-order chi connectivity index (χ0) is 15.7. The Morgan fingerprint density at radius 3 is 2.78 bits per heavy atom. The lowest BCUT2D eigenvalue weighted by Crippen LogP contribution is -2.41. The quantitative estimate of drug-likeness (QED) is 0.359. The van der Waals surface area contributed by atoms with Crippen molar-refractivity contribution in [2.75, 3.05) is 13.2 Å². The highest BCUT2D eigenvalue weighted by Gasteiger charge is 2.26. The summed E-state index contributed by atoms with van der Waals surface area (Å²) in [6.07, 6.45) is 25.0. The first kappa shape index (κ1) is 17.1. The van der Waals surface area contributed by atoms with E-state index in [0.717, 1.165) is 12.6 Å². The molecular weight excluding hydrogens is 282 g/mol. The maximum absolute atomic E-state index is 6.11. The largest absolute Gasteiger partial charge is 0.375 e. The third-order valence-electron chi connectivity index (χ3n) is 5.78. The zero-order valence-corrected chi connectivity index (χ0v) is 14.8. The van der Waals surface area contributed by atoms with Crippen LogP contribution in [0.15, 0.2) is 23.9 Å². The zero-order valence-electron chi connectivity index (χ0n) is 14.8. The first-order valence-electron chi connectivity index (χ1n) is 10.2. The topological polar surface area (TPSA) is 12.5 Å². The molecule has 3 aliphatic rings. The highest BCUT2D eigenvalue weighted by Crippen LogP contribution is 2.26. The first-order valence-corrected chi connectivity index (χ1v) is 10.2. The van der Waals surface area contributed by atoms with Crippen molar-refractivity contribution in [2.24, 2.45) is 0 Å². The molecule has 2 unspecified atom stereocenters. The van der Waals surface area contributed by atoms with Crippen LogP contribution in [0.25, 0.3) is 0 Å². The van der Waals surface area contributed by atoms with Crippen LogP contribution in [-0.2, 0) is 4.74 Å². The summed E-state index contributed by atoms with van der Waals surface area (Å²) >= 11 is 0. The van der Waals surface area contributed by atoms with Gasteiger partial charge >= 0.3 is 0 Å². The van der Waals surface area contributed by atoms with Gasteiger partial charge in [-0.1, -0.05) is 24.5 Å². The minimum atomic E-state index is 0.370. The van der Waals surface area contributed by atoms with Gasteiger partial charge in [0.25, 0.3) is 0 Å². The van der Waals surface area contributed by atoms with Gasteiger partial charge in [-0.2, -0.15) is 0 Å². The summed E-state index contributed by atoms with van der Waals surface area (Å²) in [5, 5.41) is 0. The molecule has 0 amide bonds. The van der Waals surface area contributed by atoms with Gasteiger partial charge in [0, 0.05) is 19.2 Å². The normalized spacial score (nSPS) is 28.3. The number of ether oxygens (including phenoxy) is 1. The van der Waals surface area contributed by atoms with E-state index < -0.39 is 0 Å². The van der Waals surface area contributed by atoms with E-state index in [0.29, 0.717) is 6.10 Å². The Morgan fingerprint density at radius 2 is 1.91 bits per heavy atom. The van der Waals surface area contributed by atoms with Gasteiger partial charge < -0.3 is 9.64 Å². The third-order valence-corrected chi connectivity index (χ3v) is 5.78. The van der Waals surface area contributed by atoms with Gasteiger partial charge in [-0.05, 0) is 82.9 Å². The molecular formula is C21H35NO. The molecule has 130 valence electrons. The minimum Gasteiger partial charge on any atom is -0.375 e. The van der Waals surface area contributed by atoms with E-state index in [9.17, 15) is 0 Å².